The van der Waals surface area contributed by atoms with E-state index in [0.717, 1.165) is 12.3 Å². The molecule has 0 bridgehead atoms. The molecule has 0 aromatic carbocycles. The van der Waals surface area contributed by atoms with E-state index in [1.54, 1.807) is 0 Å². The van der Waals surface area contributed by atoms with E-state index in [9.17, 15) is 0 Å². The van der Waals surface area contributed by atoms with Gasteiger partial charge in [0.05, 0.1) is 0 Å². The molecule has 0 spiro atoms. The largest absolute Gasteiger partial charge is 0.396 e. The second kappa shape index (κ2) is 4.83. The normalized spacial score (nSPS) is 32.2. The van der Waals surface area contributed by atoms with Gasteiger partial charge in [-0.25, -0.2) is 0 Å². The highest BCUT2D eigenvalue weighted by molar-refractivity contribution is 4.78. The number of hydrogen-bond acceptors (Lipinski definition) is 2. The number of hydrogen-bond donors (Lipinski definition) is 1. The Kier molecular flexibility index (Phi) is 4.02. The van der Waals surface area contributed by atoms with Crippen molar-refractivity contribution in [1.29, 1.82) is 0 Å². The van der Waals surface area contributed by atoms with Crippen LogP contribution in [0.5, 0.6) is 0 Å². The molecule has 1 heterocycles. The highest BCUT2D eigenvalue weighted by Crippen LogP contribution is 2.25. The Balaban J connectivity index is 2.30. The zero-order valence-corrected chi connectivity index (χ0v) is 8.29. The molecule has 0 aliphatic carbocycles. The van der Waals surface area contributed by atoms with Gasteiger partial charge >= 0.3 is 0 Å². The Morgan fingerprint density at radius 2 is 2.25 bits per heavy atom. The van der Waals surface area contributed by atoms with Crippen molar-refractivity contribution in [2.45, 2.75) is 38.6 Å². The van der Waals surface area contributed by atoms with E-state index in [-0.39, 0.29) is 0 Å². The van der Waals surface area contributed by atoms with Gasteiger partial charge in [0.2, 0.25) is 0 Å². The van der Waals surface area contributed by atoms with Crippen LogP contribution in [0.15, 0.2) is 0 Å². The average Bonchev–Trinajstić information content (AvgIpc) is 2.08. The first-order valence-electron chi connectivity index (χ1n) is 5.07. The third-order valence-corrected chi connectivity index (χ3v) is 3.20. The molecule has 1 N–H and O–H groups in total. The minimum atomic E-state index is 0.354. The summed E-state index contributed by atoms with van der Waals surface area (Å²) in [6.45, 7) is 3.91. The molecule has 1 fully saturated rings. The fourth-order valence-corrected chi connectivity index (χ4v) is 2.15. The molecule has 0 radical (unpaired) electrons. The molecular formula is C10H21NO. The summed E-state index contributed by atoms with van der Waals surface area (Å²) in [5.74, 6) is 0.816. The summed E-state index contributed by atoms with van der Waals surface area (Å²) in [5, 5.41) is 8.74. The Morgan fingerprint density at radius 3 is 2.92 bits per heavy atom. The lowest BCUT2D eigenvalue weighted by Crippen LogP contribution is -2.40. The fourth-order valence-electron chi connectivity index (χ4n) is 2.15. The summed E-state index contributed by atoms with van der Waals surface area (Å²) in [5.41, 5.74) is 0. The topological polar surface area (TPSA) is 23.5 Å². The van der Waals surface area contributed by atoms with E-state index in [4.69, 9.17) is 5.11 Å². The number of piperidine rings is 1. The van der Waals surface area contributed by atoms with Crippen LogP contribution in [0, 0.1) is 5.92 Å². The van der Waals surface area contributed by atoms with Gasteiger partial charge in [-0.2, -0.15) is 0 Å². The Bertz CT molecular complexity index is 127. The molecule has 0 aromatic heterocycles. The van der Waals surface area contributed by atoms with Crippen molar-refractivity contribution in [1.82, 2.24) is 4.90 Å². The lowest BCUT2D eigenvalue weighted by Gasteiger charge is -2.37. The Morgan fingerprint density at radius 1 is 1.50 bits per heavy atom. The lowest BCUT2D eigenvalue weighted by atomic mass is 9.87. The second-order valence-corrected chi connectivity index (χ2v) is 3.99. The molecule has 0 amide bonds. The molecule has 2 heteroatoms. The molecule has 2 nitrogen and oxygen atoms in total. The molecule has 0 aromatic rings. The molecule has 1 aliphatic rings. The van der Waals surface area contributed by atoms with Crippen molar-refractivity contribution in [2.24, 2.45) is 5.92 Å². The van der Waals surface area contributed by atoms with Crippen LogP contribution < -0.4 is 0 Å². The van der Waals surface area contributed by atoms with E-state index in [1.807, 2.05) is 0 Å². The van der Waals surface area contributed by atoms with Crippen LogP contribution in [0.25, 0.3) is 0 Å². The van der Waals surface area contributed by atoms with Gasteiger partial charge in [-0.15, -0.1) is 0 Å². The van der Waals surface area contributed by atoms with E-state index >= 15 is 0 Å². The zero-order valence-electron chi connectivity index (χ0n) is 8.29. The van der Waals surface area contributed by atoms with E-state index in [2.05, 4.69) is 18.9 Å². The summed E-state index contributed by atoms with van der Waals surface area (Å²) >= 11 is 0. The zero-order chi connectivity index (χ0) is 8.97. The second-order valence-electron chi connectivity index (χ2n) is 3.99. The third-order valence-electron chi connectivity index (χ3n) is 3.20. The molecule has 72 valence electrons. The summed E-state index contributed by atoms with van der Waals surface area (Å²) in [6, 6.07) is 0.713. The lowest BCUT2D eigenvalue weighted by molar-refractivity contribution is 0.121. The number of rotatable bonds is 3. The van der Waals surface area contributed by atoms with Crippen molar-refractivity contribution in [2.75, 3.05) is 20.2 Å². The molecule has 1 rings (SSSR count). The van der Waals surface area contributed by atoms with Crippen LogP contribution in [0.4, 0.5) is 0 Å². The van der Waals surface area contributed by atoms with E-state index in [1.165, 1.54) is 25.8 Å². The molecule has 1 saturated heterocycles. The van der Waals surface area contributed by atoms with Gasteiger partial charge in [-0.3, -0.25) is 0 Å². The molecule has 2 unspecified atom stereocenters. The first kappa shape index (κ1) is 10.0. The van der Waals surface area contributed by atoms with Crippen LogP contribution in [-0.2, 0) is 0 Å². The maximum atomic E-state index is 8.74. The van der Waals surface area contributed by atoms with Crippen molar-refractivity contribution in [3.8, 4) is 0 Å². The van der Waals surface area contributed by atoms with Crippen molar-refractivity contribution in [3.63, 3.8) is 0 Å². The van der Waals surface area contributed by atoms with Gasteiger partial charge in [-0.05, 0) is 52.1 Å². The first-order valence-corrected chi connectivity index (χ1v) is 5.07. The fraction of sp³-hybridized carbons (Fsp3) is 1.00. The number of aliphatic hydroxyl groups is 1. The summed E-state index contributed by atoms with van der Waals surface area (Å²) in [6.07, 6.45) is 4.85. The van der Waals surface area contributed by atoms with Crippen molar-refractivity contribution < 1.29 is 5.11 Å². The summed E-state index contributed by atoms with van der Waals surface area (Å²) < 4.78 is 0. The minimum Gasteiger partial charge on any atom is -0.396 e. The third kappa shape index (κ3) is 2.46. The maximum Gasteiger partial charge on any atom is 0.0431 e. The molecular weight excluding hydrogens is 150 g/mol. The quantitative estimate of drug-likeness (QED) is 0.695. The molecule has 0 saturated carbocycles. The van der Waals surface area contributed by atoms with Gasteiger partial charge in [0, 0.05) is 12.6 Å². The van der Waals surface area contributed by atoms with Gasteiger partial charge in [-0.1, -0.05) is 0 Å². The van der Waals surface area contributed by atoms with Gasteiger partial charge in [0.15, 0.2) is 0 Å². The Hall–Kier alpha value is -0.0800. The SMILES string of the molecule is CC1C(CCCO)CCCN1C. The van der Waals surface area contributed by atoms with Crippen LogP contribution in [0.2, 0.25) is 0 Å². The summed E-state index contributed by atoms with van der Waals surface area (Å²) in [7, 11) is 2.20. The van der Waals surface area contributed by atoms with E-state index < -0.39 is 0 Å². The number of aliphatic hydroxyl groups excluding tert-OH is 1. The molecule has 2 atom stereocenters. The van der Waals surface area contributed by atoms with E-state index in [0.29, 0.717) is 12.6 Å². The van der Waals surface area contributed by atoms with Gasteiger partial charge in [0.1, 0.15) is 0 Å². The average molecular weight is 171 g/mol. The van der Waals surface area contributed by atoms with Crippen LogP contribution in [0.3, 0.4) is 0 Å². The predicted octanol–water partition coefficient (Wildman–Crippen LogP) is 1.49. The highest BCUT2D eigenvalue weighted by Gasteiger charge is 2.24. The van der Waals surface area contributed by atoms with Crippen LogP contribution in [-0.4, -0.2) is 36.2 Å². The van der Waals surface area contributed by atoms with Crippen LogP contribution >= 0.6 is 0 Å². The first-order chi connectivity index (χ1) is 5.75. The predicted molar refractivity (Wildman–Crippen MR) is 51.1 cm³/mol. The molecule has 1 aliphatic heterocycles. The summed E-state index contributed by atoms with van der Waals surface area (Å²) in [4.78, 5) is 2.44. The highest BCUT2D eigenvalue weighted by atomic mass is 16.2. The van der Waals surface area contributed by atoms with Crippen molar-refractivity contribution >= 4 is 0 Å². The number of nitrogens with zero attached hydrogens (tertiary/aromatic N) is 1. The van der Waals surface area contributed by atoms with Gasteiger partial charge in [0.25, 0.3) is 0 Å². The maximum absolute atomic E-state index is 8.74. The standard InChI is InChI=1S/C10H21NO/c1-9-10(6-4-8-12)5-3-7-11(9)2/h9-10,12H,3-8H2,1-2H3. The molecule has 12 heavy (non-hydrogen) atoms. The monoisotopic (exact) mass is 171 g/mol. The Labute approximate surface area is 75.6 Å². The van der Waals surface area contributed by atoms with Crippen molar-refractivity contribution in [3.05, 3.63) is 0 Å². The van der Waals surface area contributed by atoms with Gasteiger partial charge < -0.3 is 10.0 Å². The minimum absolute atomic E-state index is 0.354. The number of likely N-dealkylation sites (tertiary alicyclic amines) is 1. The smallest absolute Gasteiger partial charge is 0.0431 e. The van der Waals surface area contributed by atoms with Crippen LogP contribution in [0.1, 0.15) is 32.6 Å².